The zero-order chi connectivity index (χ0) is 16.9. The molecule has 7 nitrogen and oxygen atoms in total. The number of nitriles is 1. The maximum atomic E-state index is 9.15. The molecule has 7 heteroatoms. The van der Waals surface area contributed by atoms with Gasteiger partial charge in [0.05, 0.1) is 18.6 Å². The van der Waals surface area contributed by atoms with E-state index in [1.807, 2.05) is 48.0 Å². The molecule has 0 aliphatic rings. The van der Waals surface area contributed by atoms with Gasteiger partial charge in [0.15, 0.2) is 0 Å². The Morgan fingerprint density at radius 3 is 2.75 bits per heavy atom. The second-order valence-corrected chi connectivity index (χ2v) is 4.96. The van der Waals surface area contributed by atoms with Crippen molar-refractivity contribution in [3.63, 3.8) is 0 Å². The summed E-state index contributed by atoms with van der Waals surface area (Å²) in [5.74, 6) is 0.753. The topological polar surface area (TPSA) is 102 Å². The van der Waals surface area contributed by atoms with Crippen LogP contribution in [0, 0.1) is 11.3 Å². The van der Waals surface area contributed by atoms with E-state index in [0.717, 1.165) is 11.4 Å². The monoisotopic (exact) mass is 320 g/mol. The molecule has 0 bridgehead atoms. The minimum atomic E-state index is 0.234. The van der Waals surface area contributed by atoms with Crippen molar-refractivity contribution in [3.05, 3.63) is 54.6 Å². The molecule has 3 N–H and O–H groups in total. The fourth-order valence-corrected chi connectivity index (χ4v) is 2.23. The van der Waals surface area contributed by atoms with Gasteiger partial charge in [-0.1, -0.05) is 0 Å². The normalized spacial score (nSPS) is 10.2. The summed E-state index contributed by atoms with van der Waals surface area (Å²) >= 11 is 0. The summed E-state index contributed by atoms with van der Waals surface area (Å²) in [5.41, 5.74) is 8.33. The fourth-order valence-electron chi connectivity index (χ4n) is 2.23. The SMILES string of the molecule is CCOc1nc(Nc2ccc(-n3ccnc3)cc2)cc(N)c1C#N. The Balaban J connectivity index is 1.84. The number of nitrogens with one attached hydrogen (secondary N) is 1. The average Bonchev–Trinajstić information content (AvgIpc) is 3.10. The van der Waals surface area contributed by atoms with Crippen LogP contribution in [0.2, 0.25) is 0 Å². The Kier molecular flexibility index (Phi) is 4.29. The van der Waals surface area contributed by atoms with E-state index in [-0.39, 0.29) is 11.4 Å². The van der Waals surface area contributed by atoms with Crippen LogP contribution in [-0.4, -0.2) is 21.1 Å². The van der Waals surface area contributed by atoms with Crippen molar-refractivity contribution in [2.75, 3.05) is 17.7 Å². The highest BCUT2D eigenvalue weighted by molar-refractivity contribution is 5.67. The average molecular weight is 320 g/mol. The van der Waals surface area contributed by atoms with Crippen LogP contribution in [0.4, 0.5) is 17.2 Å². The van der Waals surface area contributed by atoms with Crippen LogP contribution in [0.25, 0.3) is 5.69 Å². The molecule has 0 unspecified atom stereocenters. The first-order valence-corrected chi connectivity index (χ1v) is 7.40. The van der Waals surface area contributed by atoms with Crippen molar-refractivity contribution < 1.29 is 4.74 Å². The number of pyridine rings is 1. The molecule has 0 saturated heterocycles. The first-order valence-electron chi connectivity index (χ1n) is 7.40. The minimum absolute atomic E-state index is 0.234. The Morgan fingerprint density at radius 2 is 2.12 bits per heavy atom. The lowest BCUT2D eigenvalue weighted by atomic mass is 10.2. The summed E-state index contributed by atoms with van der Waals surface area (Å²) in [7, 11) is 0. The minimum Gasteiger partial charge on any atom is -0.477 e. The largest absolute Gasteiger partial charge is 0.477 e. The predicted molar refractivity (Wildman–Crippen MR) is 91.4 cm³/mol. The number of nitrogens with zero attached hydrogens (tertiary/aromatic N) is 4. The molecule has 0 saturated carbocycles. The molecule has 0 aliphatic heterocycles. The quantitative estimate of drug-likeness (QED) is 0.749. The van der Waals surface area contributed by atoms with E-state index in [9.17, 15) is 0 Å². The first-order chi connectivity index (χ1) is 11.7. The lowest BCUT2D eigenvalue weighted by Gasteiger charge is -2.11. The lowest BCUT2D eigenvalue weighted by molar-refractivity contribution is 0.326. The maximum absolute atomic E-state index is 9.15. The molecule has 3 aromatic rings. The molecule has 0 radical (unpaired) electrons. The highest BCUT2D eigenvalue weighted by atomic mass is 16.5. The number of aromatic nitrogens is 3. The number of benzene rings is 1. The molecule has 2 aromatic heterocycles. The second kappa shape index (κ2) is 6.71. The van der Waals surface area contributed by atoms with Gasteiger partial charge < -0.3 is 20.4 Å². The maximum Gasteiger partial charge on any atom is 0.235 e. The van der Waals surface area contributed by atoms with Crippen molar-refractivity contribution in [1.29, 1.82) is 5.26 Å². The molecule has 0 amide bonds. The first kappa shape index (κ1) is 15.4. The van der Waals surface area contributed by atoms with E-state index >= 15 is 0 Å². The standard InChI is InChI=1S/C17H16N6O/c1-2-24-17-14(10-18)15(19)9-16(22-17)21-12-3-5-13(6-4-12)23-8-7-20-11-23/h3-9,11H,2H2,1H3,(H3,19,21,22). The number of imidazole rings is 1. The van der Waals surface area contributed by atoms with Crippen LogP contribution in [0.1, 0.15) is 12.5 Å². The number of hydrogen-bond acceptors (Lipinski definition) is 6. The van der Waals surface area contributed by atoms with E-state index in [1.165, 1.54) is 0 Å². The Bertz CT molecular complexity index is 865. The van der Waals surface area contributed by atoms with Crippen LogP contribution >= 0.6 is 0 Å². The summed E-state index contributed by atoms with van der Waals surface area (Å²) in [6.07, 6.45) is 5.34. The Hall–Kier alpha value is -3.53. The van der Waals surface area contributed by atoms with Gasteiger partial charge in [-0.15, -0.1) is 0 Å². The summed E-state index contributed by atoms with van der Waals surface area (Å²) in [5, 5.41) is 12.3. The summed E-state index contributed by atoms with van der Waals surface area (Å²) in [4.78, 5) is 8.34. The predicted octanol–water partition coefficient (Wildman–Crippen LogP) is 2.86. The molecule has 0 fully saturated rings. The van der Waals surface area contributed by atoms with Gasteiger partial charge in [0.2, 0.25) is 5.88 Å². The van der Waals surface area contributed by atoms with E-state index in [1.54, 1.807) is 18.6 Å². The van der Waals surface area contributed by atoms with Gasteiger partial charge in [0.1, 0.15) is 17.5 Å². The third-order valence-electron chi connectivity index (χ3n) is 3.35. The Labute approximate surface area is 139 Å². The van der Waals surface area contributed by atoms with Gasteiger partial charge in [0.25, 0.3) is 0 Å². The molecule has 0 spiro atoms. The van der Waals surface area contributed by atoms with Gasteiger partial charge >= 0.3 is 0 Å². The van der Waals surface area contributed by atoms with Crippen LogP contribution in [0.5, 0.6) is 5.88 Å². The van der Waals surface area contributed by atoms with Crippen molar-refractivity contribution in [3.8, 4) is 17.6 Å². The number of hydrogen-bond donors (Lipinski definition) is 2. The van der Waals surface area contributed by atoms with Gasteiger partial charge in [-0.05, 0) is 31.2 Å². The number of ether oxygens (including phenoxy) is 1. The third-order valence-corrected chi connectivity index (χ3v) is 3.35. The number of nitrogen functional groups attached to an aromatic ring is 1. The van der Waals surface area contributed by atoms with Gasteiger partial charge in [0, 0.05) is 29.8 Å². The summed E-state index contributed by atoms with van der Waals surface area (Å²) in [6, 6.07) is 11.4. The molecule has 0 atom stereocenters. The summed E-state index contributed by atoms with van der Waals surface area (Å²) < 4.78 is 7.30. The zero-order valence-electron chi connectivity index (χ0n) is 13.1. The smallest absolute Gasteiger partial charge is 0.235 e. The zero-order valence-corrected chi connectivity index (χ0v) is 13.1. The molecule has 2 heterocycles. The van der Waals surface area contributed by atoms with Gasteiger partial charge in [-0.2, -0.15) is 10.2 Å². The van der Waals surface area contributed by atoms with Crippen molar-refractivity contribution in [2.24, 2.45) is 0 Å². The third kappa shape index (κ3) is 3.13. The molecule has 0 aliphatic carbocycles. The fraction of sp³-hybridized carbons (Fsp3) is 0.118. The second-order valence-electron chi connectivity index (χ2n) is 4.96. The van der Waals surface area contributed by atoms with Crippen molar-refractivity contribution >= 4 is 17.2 Å². The van der Waals surface area contributed by atoms with E-state index in [2.05, 4.69) is 15.3 Å². The molecular formula is C17H16N6O. The van der Waals surface area contributed by atoms with Gasteiger partial charge in [-0.25, -0.2) is 4.98 Å². The number of nitrogens with two attached hydrogens (primary N) is 1. The van der Waals surface area contributed by atoms with Crippen molar-refractivity contribution in [1.82, 2.24) is 14.5 Å². The van der Waals surface area contributed by atoms with E-state index in [0.29, 0.717) is 18.1 Å². The Morgan fingerprint density at radius 1 is 1.33 bits per heavy atom. The summed E-state index contributed by atoms with van der Waals surface area (Å²) in [6.45, 7) is 2.23. The molecular weight excluding hydrogens is 304 g/mol. The molecule has 3 rings (SSSR count). The number of anilines is 3. The van der Waals surface area contributed by atoms with Crippen molar-refractivity contribution in [2.45, 2.75) is 6.92 Å². The van der Waals surface area contributed by atoms with Crippen LogP contribution in [-0.2, 0) is 0 Å². The van der Waals surface area contributed by atoms with E-state index in [4.69, 9.17) is 15.7 Å². The molecule has 1 aromatic carbocycles. The highest BCUT2D eigenvalue weighted by Crippen LogP contribution is 2.27. The van der Waals surface area contributed by atoms with Crippen LogP contribution in [0.15, 0.2) is 49.1 Å². The van der Waals surface area contributed by atoms with E-state index < -0.39 is 0 Å². The lowest BCUT2D eigenvalue weighted by Crippen LogP contribution is -2.04. The molecule has 120 valence electrons. The van der Waals surface area contributed by atoms with Crippen LogP contribution < -0.4 is 15.8 Å². The number of rotatable bonds is 5. The highest BCUT2D eigenvalue weighted by Gasteiger charge is 2.12. The molecule has 24 heavy (non-hydrogen) atoms. The van der Waals surface area contributed by atoms with Gasteiger partial charge in [-0.3, -0.25) is 0 Å². The van der Waals surface area contributed by atoms with Crippen LogP contribution in [0.3, 0.4) is 0 Å².